The number of carbonyl (C=O) groups is 1. The molecular weight excluding hydrogens is 216 g/mol. The number of rotatable bonds is 2. The van der Waals surface area contributed by atoms with E-state index in [4.69, 9.17) is 16.9 Å². The van der Waals surface area contributed by atoms with Gasteiger partial charge in [0.05, 0.1) is 12.6 Å². The molecule has 1 heterocycles. The van der Waals surface area contributed by atoms with Gasteiger partial charge < -0.3 is 15.4 Å². The summed E-state index contributed by atoms with van der Waals surface area (Å²) in [5, 5.41) is 0. The van der Waals surface area contributed by atoms with Crippen LogP contribution in [0.15, 0.2) is 0 Å². The maximum absolute atomic E-state index is 12.4. The molecule has 2 aliphatic rings. The molecule has 4 nitrogen and oxygen atoms in total. The first-order valence-corrected chi connectivity index (χ1v) is 5.97. The molecule has 0 aromatic heterocycles. The molecule has 0 spiro atoms. The number of hydrogen-bond donors (Lipinski definition) is 1. The monoisotopic (exact) mass is 236 g/mol. The number of nitrogens with zero attached hydrogens (tertiary/aromatic N) is 1. The standard InChI is InChI=1S/C13H20N2O2/c1-5-7-15(4)11(16)13(14)9-6-8-17-10(9)12(13,2)3/h1,9-10H,6-8,14H2,2-4H3. The molecule has 2 N–H and O–H groups in total. The minimum Gasteiger partial charge on any atom is -0.377 e. The van der Waals surface area contributed by atoms with Crippen LogP contribution in [0.25, 0.3) is 0 Å². The second-order valence-corrected chi connectivity index (χ2v) is 5.64. The Balaban J connectivity index is 2.24. The van der Waals surface area contributed by atoms with Crippen LogP contribution in [0.2, 0.25) is 0 Å². The first-order valence-electron chi connectivity index (χ1n) is 5.97. The smallest absolute Gasteiger partial charge is 0.244 e. The average Bonchev–Trinajstić information content (AvgIpc) is 2.75. The zero-order valence-electron chi connectivity index (χ0n) is 10.7. The molecule has 1 saturated heterocycles. The van der Waals surface area contributed by atoms with Crippen molar-refractivity contribution in [3.63, 3.8) is 0 Å². The highest BCUT2D eigenvalue weighted by Crippen LogP contribution is 2.58. The summed E-state index contributed by atoms with van der Waals surface area (Å²) in [7, 11) is 1.70. The Labute approximate surface area is 102 Å². The van der Waals surface area contributed by atoms with Crippen molar-refractivity contribution in [2.45, 2.75) is 31.9 Å². The van der Waals surface area contributed by atoms with Crippen LogP contribution in [0.1, 0.15) is 20.3 Å². The number of amides is 1. The molecule has 1 saturated carbocycles. The van der Waals surface area contributed by atoms with Gasteiger partial charge in [0.2, 0.25) is 5.91 Å². The van der Waals surface area contributed by atoms with E-state index in [9.17, 15) is 4.79 Å². The fourth-order valence-corrected chi connectivity index (χ4v) is 3.34. The lowest BCUT2D eigenvalue weighted by atomic mass is 9.47. The summed E-state index contributed by atoms with van der Waals surface area (Å²) in [5.41, 5.74) is 5.24. The Bertz CT molecular complexity index is 385. The van der Waals surface area contributed by atoms with Crippen molar-refractivity contribution in [3.8, 4) is 12.3 Å². The van der Waals surface area contributed by atoms with Crippen molar-refractivity contribution < 1.29 is 9.53 Å². The Kier molecular flexibility index (Phi) is 2.72. The topological polar surface area (TPSA) is 55.6 Å². The normalized spacial score (nSPS) is 37.8. The number of fused-ring (bicyclic) bond motifs is 1. The average molecular weight is 236 g/mol. The highest BCUT2D eigenvalue weighted by atomic mass is 16.5. The van der Waals surface area contributed by atoms with Crippen LogP contribution in [0, 0.1) is 23.7 Å². The van der Waals surface area contributed by atoms with E-state index in [-0.39, 0.29) is 23.3 Å². The molecule has 3 unspecified atom stereocenters. The first-order chi connectivity index (χ1) is 7.87. The van der Waals surface area contributed by atoms with E-state index in [1.54, 1.807) is 7.05 Å². The maximum atomic E-state index is 12.4. The van der Waals surface area contributed by atoms with Crippen LogP contribution in [0.4, 0.5) is 0 Å². The SMILES string of the molecule is C#CCN(C)C(=O)C1(N)C2CCOC2C1(C)C. The fraction of sp³-hybridized carbons (Fsp3) is 0.769. The third-order valence-corrected chi connectivity index (χ3v) is 4.48. The van der Waals surface area contributed by atoms with Crippen molar-refractivity contribution in [2.24, 2.45) is 17.1 Å². The zero-order chi connectivity index (χ0) is 12.8. The third-order valence-electron chi connectivity index (χ3n) is 4.48. The Morgan fingerprint density at radius 3 is 2.88 bits per heavy atom. The van der Waals surface area contributed by atoms with Crippen LogP contribution in [0.3, 0.4) is 0 Å². The van der Waals surface area contributed by atoms with Gasteiger partial charge in [0.15, 0.2) is 0 Å². The summed E-state index contributed by atoms with van der Waals surface area (Å²) in [4.78, 5) is 14.0. The van der Waals surface area contributed by atoms with Crippen molar-refractivity contribution in [1.82, 2.24) is 4.90 Å². The summed E-state index contributed by atoms with van der Waals surface area (Å²) < 4.78 is 5.66. The summed E-state index contributed by atoms with van der Waals surface area (Å²) in [5.74, 6) is 2.54. The summed E-state index contributed by atoms with van der Waals surface area (Å²) in [6.07, 6.45) is 6.20. The van der Waals surface area contributed by atoms with Crippen molar-refractivity contribution in [2.75, 3.05) is 20.2 Å². The molecule has 1 aliphatic carbocycles. The van der Waals surface area contributed by atoms with Gasteiger partial charge in [0.1, 0.15) is 5.54 Å². The quantitative estimate of drug-likeness (QED) is 0.698. The summed E-state index contributed by atoms with van der Waals surface area (Å²) in [6.45, 7) is 5.00. The number of nitrogens with two attached hydrogens (primary N) is 1. The van der Waals surface area contributed by atoms with Crippen molar-refractivity contribution >= 4 is 5.91 Å². The van der Waals surface area contributed by atoms with Gasteiger partial charge in [-0.3, -0.25) is 4.79 Å². The van der Waals surface area contributed by atoms with E-state index in [1.165, 1.54) is 4.90 Å². The van der Waals surface area contributed by atoms with Gasteiger partial charge in [0, 0.05) is 25.0 Å². The molecule has 94 valence electrons. The van der Waals surface area contributed by atoms with E-state index in [1.807, 2.05) is 13.8 Å². The third kappa shape index (κ3) is 1.36. The van der Waals surface area contributed by atoms with Crippen LogP contribution in [-0.2, 0) is 9.53 Å². The van der Waals surface area contributed by atoms with Gasteiger partial charge in [-0.05, 0) is 6.42 Å². The highest BCUT2D eigenvalue weighted by Gasteiger charge is 2.71. The lowest BCUT2D eigenvalue weighted by Gasteiger charge is -2.61. The molecule has 2 fully saturated rings. The maximum Gasteiger partial charge on any atom is 0.244 e. The van der Waals surface area contributed by atoms with Crippen LogP contribution >= 0.6 is 0 Å². The second-order valence-electron chi connectivity index (χ2n) is 5.64. The van der Waals surface area contributed by atoms with E-state index in [0.717, 1.165) is 6.42 Å². The Morgan fingerprint density at radius 1 is 1.65 bits per heavy atom. The zero-order valence-corrected chi connectivity index (χ0v) is 10.7. The van der Waals surface area contributed by atoms with E-state index in [2.05, 4.69) is 5.92 Å². The van der Waals surface area contributed by atoms with Gasteiger partial charge in [-0.1, -0.05) is 19.8 Å². The molecule has 0 radical (unpaired) electrons. The predicted octanol–water partition coefficient (Wildman–Crippen LogP) is 0.220. The molecule has 17 heavy (non-hydrogen) atoms. The number of likely N-dealkylation sites (N-methyl/N-ethyl adjacent to an activating group) is 1. The van der Waals surface area contributed by atoms with Crippen LogP contribution < -0.4 is 5.73 Å². The minimum absolute atomic E-state index is 0.0628. The molecule has 1 aliphatic heterocycles. The fourth-order valence-electron chi connectivity index (χ4n) is 3.34. The predicted molar refractivity (Wildman–Crippen MR) is 65.0 cm³/mol. The Morgan fingerprint density at radius 2 is 2.29 bits per heavy atom. The molecule has 4 heteroatoms. The van der Waals surface area contributed by atoms with Crippen LogP contribution in [0.5, 0.6) is 0 Å². The lowest BCUT2D eigenvalue weighted by molar-refractivity contribution is -0.182. The van der Waals surface area contributed by atoms with Crippen molar-refractivity contribution in [1.29, 1.82) is 0 Å². The van der Waals surface area contributed by atoms with E-state index in [0.29, 0.717) is 13.2 Å². The van der Waals surface area contributed by atoms with Crippen LogP contribution in [-0.4, -0.2) is 42.6 Å². The number of ether oxygens (including phenoxy) is 1. The molecule has 0 aromatic rings. The second kappa shape index (κ2) is 3.72. The molecule has 0 aromatic carbocycles. The van der Waals surface area contributed by atoms with Gasteiger partial charge in [-0.15, -0.1) is 6.42 Å². The number of carbonyl (C=O) groups excluding carboxylic acids is 1. The van der Waals surface area contributed by atoms with Gasteiger partial charge in [-0.2, -0.15) is 0 Å². The largest absolute Gasteiger partial charge is 0.377 e. The lowest BCUT2D eigenvalue weighted by Crippen LogP contribution is -2.80. The first kappa shape index (κ1) is 12.4. The molecule has 3 atom stereocenters. The summed E-state index contributed by atoms with van der Waals surface area (Å²) >= 11 is 0. The molecule has 2 rings (SSSR count). The summed E-state index contributed by atoms with van der Waals surface area (Å²) in [6, 6.07) is 0. The number of hydrogen-bond acceptors (Lipinski definition) is 3. The minimum atomic E-state index is -0.834. The molecule has 0 bridgehead atoms. The van der Waals surface area contributed by atoms with Gasteiger partial charge >= 0.3 is 0 Å². The highest BCUT2D eigenvalue weighted by molar-refractivity contribution is 5.89. The Hall–Kier alpha value is -1.05. The van der Waals surface area contributed by atoms with Gasteiger partial charge in [0.25, 0.3) is 0 Å². The van der Waals surface area contributed by atoms with E-state index >= 15 is 0 Å². The van der Waals surface area contributed by atoms with Crippen molar-refractivity contribution in [3.05, 3.63) is 0 Å². The number of terminal acetylenes is 1. The van der Waals surface area contributed by atoms with E-state index < -0.39 is 5.54 Å². The van der Waals surface area contributed by atoms with Gasteiger partial charge in [-0.25, -0.2) is 0 Å². The molecule has 1 amide bonds. The molecular formula is C13H20N2O2.